The van der Waals surface area contributed by atoms with Gasteiger partial charge in [0.1, 0.15) is 0 Å². The first-order valence-corrected chi connectivity index (χ1v) is 2.99. The minimum atomic E-state index is -4.26. The van der Waals surface area contributed by atoms with Crippen LogP contribution in [0.3, 0.4) is 0 Å². The average Bonchev–Trinajstić information content (AvgIpc) is 1.86. The van der Waals surface area contributed by atoms with Gasteiger partial charge in [0.05, 0.1) is 0 Å². The van der Waals surface area contributed by atoms with Gasteiger partial charge in [0.25, 0.3) is 0 Å². The van der Waals surface area contributed by atoms with Gasteiger partial charge in [-0.1, -0.05) is 6.07 Å². The molecule has 0 amide bonds. The van der Waals surface area contributed by atoms with Gasteiger partial charge in [-0.3, -0.25) is 0 Å². The first-order valence-electron chi connectivity index (χ1n) is 2.99. The van der Waals surface area contributed by atoms with Gasteiger partial charge in [-0.15, -0.1) is 6.07 Å². The van der Waals surface area contributed by atoms with E-state index in [1.165, 1.54) is 12.1 Å². The van der Waals surface area contributed by atoms with Gasteiger partial charge in [0.15, 0.2) is 0 Å². The largest absolute Gasteiger partial charge is 2.00 e. The van der Waals surface area contributed by atoms with E-state index in [9.17, 15) is 13.2 Å². The van der Waals surface area contributed by atoms with Gasteiger partial charge in [-0.25, -0.2) is 0 Å². The van der Waals surface area contributed by atoms with Crippen molar-refractivity contribution in [1.29, 1.82) is 0 Å². The van der Waals surface area contributed by atoms with E-state index >= 15 is 0 Å². The van der Waals surface area contributed by atoms with E-state index in [-0.39, 0.29) is 19.5 Å². The number of hydrogen-bond acceptors (Lipinski definition) is 0. The van der Waals surface area contributed by atoms with Crippen molar-refractivity contribution in [3.63, 3.8) is 0 Å². The molecule has 0 atom stereocenters. The molecule has 0 aromatic heterocycles. The van der Waals surface area contributed by atoms with Crippen LogP contribution in [0.2, 0.25) is 0 Å². The standard InChI is InChI=1S/C8H6F3.Zn/c1-6-3-2-4-7(5-6)8(9,10)11;/h2-5H,1H2;/q-1;+2. The molecule has 0 saturated heterocycles. The Kier molecular flexibility index (Phi) is 3.78. The minimum Gasteiger partial charge on any atom is -0.199 e. The zero-order valence-electron chi connectivity index (χ0n) is 6.36. The molecule has 0 aliphatic heterocycles. The molecular weight excluding hydrogens is 218 g/mol. The quantitative estimate of drug-likeness (QED) is 0.470. The summed E-state index contributed by atoms with van der Waals surface area (Å²) >= 11 is 0. The van der Waals surface area contributed by atoms with Crippen molar-refractivity contribution >= 4 is 0 Å². The maximum atomic E-state index is 11.9. The molecule has 1 rings (SSSR count). The molecule has 1 aromatic rings. The third-order valence-electron chi connectivity index (χ3n) is 1.25. The van der Waals surface area contributed by atoms with Crippen molar-refractivity contribution in [2.24, 2.45) is 0 Å². The molecule has 0 N–H and O–H groups in total. The van der Waals surface area contributed by atoms with Crippen LogP contribution in [-0.2, 0) is 25.7 Å². The zero-order valence-corrected chi connectivity index (χ0v) is 9.32. The summed E-state index contributed by atoms with van der Waals surface area (Å²) in [6.07, 6.45) is -4.26. The van der Waals surface area contributed by atoms with E-state index in [1.54, 1.807) is 0 Å². The number of benzene rings is 1. The molecule has 60 valence electrons. The summed E-state index contributed by atoms with van der Waals surface area (Å²) in [4.78, 5) is 0. The van der Waals surface area contributed by atoms with E-state index in [0.29, 0.717) is 5.56 Å². The summed E-state index contributed by atoms with van der Waals surface area (Å²) in [6, 6.07) is 4.90. The van der Waals surface area contributed by atoms with Crippen LogP contribution in [0.4, 0.5) is 13.2 Å². The van der Waals surface area contributed by atoms with Crippen molar-refractivity contribution < 1.29 is 32.6 Å². The molecule has 0 bridgehead atoms. The Morgan fingerprint density at radius 2 is 1.75 bits per heavy atom. The predicted octanol–water partition coefficient (Wildman–Crippen LogP) is 2.89. The van der Waals surface area contributed by atoms with Crippen LogP contribution in [0.5, 0.6) is 0 Å². The molecule has 0 aliphatic carbocycles. The van der Waals surface area contributed by atoms with E-state index in [4.69, 9.17) is 0 Å². The van der Waals surface area contributed by atoms with Crippen LogP contribution in [0, 0.1) is 6.92 Å². The van der Waals surface area contributed by atoms with E-state index in [2.05, 4.69) is 6.92 Å². The van der Waals surface area contributed by atoms with Crippen molar-refractivity contribution in [2.45, 2.75) is 6.18 Å². The molecule has 0 spiro atoms. The monoisotopic (exact) mass is 223 g/mol. The normalized spacial score (nSPS) is 10.6. The second-order valence-corrected chi connectivity index (χ2v) is 2.20. The molecule has 1 aromatic carbocycles. The second kappa shape index (κ2) is 3.95. The Labute approximate surface area is 81.5 Å². The fourth-order valence-corrected chi connectivity index (χ4v) is 0.748. The van der Waals surface area contributed by atoms with Gasteiger partial charge in [-0.2, -0.15) is 37.8 Å². The van der Waals surface area contributed by atoms with Crippen molar-refractivity contribution in [3.05, 3.63) is 42.3 Å². The van der Waals surface area contributed by atoms with Crippen molar-refractivity contribution in [1.82, 2.24) is 0 Å². The minimum absolute atomic E-state index is 0. The van der Waals surface area contributed by atoms with Crippen LogP contribution >= 0.6 is 0 Å². The fourth-order valence-electron chi connectivity index (χ4n) is 0.748. The number of hydrogen-bond donors (Lipinski definition) is 0. The average molecular weight is 225 g/mol. The summed E-state index contributed by atoms with van der Waals surface area (Å²) in [5.41, 5.74) is -0.273. The Hall–Kier alpha value is -0.497. The van der Waals surface area contributed by atoms with Crippen LogP contribution in [0.25, 0.3) is 0 Å². The van der Waals surface area contributed by atoms with Crippen molar-refractivity contribution in [3.8, 4) is 0 Å². The number of alkyl halides is 3. The Morgan fingerprint density at radius 3 is 2.08 bits per heavy atom. The molecule has 0 heterocycles. The summed E-state index contributed by atoms with van der Waals surface area (Å²) in [6.45, 7) is 3.39. The van der Waals surface area contributed by atoms with Gasteiger partial charge >= 0.3 is 25.7 Å². The maximum absolute atomic E-state index is 11.9. The van der Waals surface area contributed by atoms with Crippen LogP contribution in [0.1, 0.15) is 11.1 Å². The van der Waals surface area contributed by atoms with E-state index in [1.807, 2.05) is 0 Å². The Balaban J connectivity index is 0.00000121. The number of rotatable bonds is 0. The van der Waals surface area contributed by atoms with Gasteiger partial charge in [-0.05, 0) is 5.56 Å². The first kappa shape index (κ1) is 11.5. The Bertz CT molecular complexity index is 255. The van der Waals surface area contributed by atoms with E-state index in [0.717, 1.165) is 12.1 Å². The molecule has 0 fully saturated rings. The third-order valence-corrected chi connectivity index (χ3v) is 1.25. The summed E-state index contributed by atoms with van der Waals surface area (Å²) in [5.74, 6) is 0. The van der Waals surface area contributed by atoms with E-state index < -0.39 is 11.7 Å². The Morgan fingerprint density at radius 1 is 1.17 bits per heavy atom. The topological polar surface area (TPSA) is 0 Å². The molecule has 4 heteroatoms. The smallest absolute Gasteiger partial charge is 0.199 e. The molecule has 12 heavy (non-hydrogen) atoms. The SMILES string of the molecule is [CH2-]c1cccc(C(F)(F)F)c1.[Zn+2]. The predicted molar refractivity (Wildman–Crippen MR) is 35.9 cm³/mol. The molecular formula is C8H6F3Zn+. The zero-order chi connectivity index (χ0) is 8.48. The number of halogens is 3. The first-order chi connectivity index (χ1) is 5.00. The molecule has 0 aliphatic rings. The third kappa shape index (κ3) is 2.86. The van der Waals surface area contributed by atoms with Gasteiger partial charge < -0.3 is 0 Å². The summed E-state index contributed by atoms with van der Waals surface area (Å²) in [5, 5.41) is 0. The van der Waals surface area contributed by atoms with Crippen LogP contribution < -0.4 is 0 Å². The second-order valence-electron chi connectivity index (χ2n) is 2.20. The summed E-state index contributed by atoms with van der Waals surface area (Å²) < 4.78 is 35.8. The molecule has 0 nitrogen and oxygen atoms in total. The fraction of sp³-hybridized carbons (Fsp3) is 0.125. The van der Waals surface area contributed by atoms with Crippen LogP contribution in [-0.4, -0.2) is 0 Å². The van der Waals surface area contributed by atoms with Crippen LogP contribution in [0.15, 0.2) is 24.3 Å². The van der Waals surface area contributed by atoms with Gasteiger partial charge in [0.2, 0.25) is 0 Å². The van der Waals surface area contributed by atoms with Crippen molar-refractivity contribution in [2.75, 3.05) is 0 Å². The molecule has 0 saturated carbocycles. The molecule has 0 radical (unpaired) electrons. The summed E-state index contributed by atoms with van der Waals surface area (Å²) in [7, 11) is 0. The molecule has 0 unspecified atom stereocenters. The maximum Gasteiger partial charge on any atom is 2.00 e. The van der Waals surface area contributed by atoms with Gasteiger partial charge in [0, 0.05) is 0 Å².